The van der Waals surface area contributed by atoms with Crippen molar-refractivity contribution in [1.29, 1.82) is 0 Å². The zero-order chi connectivity index (χ0) is 73.5. The predicted octanol–water partition coefficient (Wildman–Crippen LogP) is 8.92. The molecule has 1 radical (unpaired) electrons. The Labute approximate surface area is 687 Å². The van der Waals surface area contributed by atoms with Gasteiger partial charge in [-0.25, -0.2) is 37.3 Å². The van der Waals surface area contributed by atoms with Crippen LogP contribution in [0.1, 0.15) is 11.1 Å². The van der Waals surface area contributed by atoms with Crippen LogP contribution >= 0.6 is 93.9 Å². The van der Waals surface area contributed by atoms with Crippen molar-refractivity contribution in [3.8, 4) is 11.8 Å². The molecule has 0 aliphatic heterocycles. The van der Waals surface area contributed by atoms with Gasteiger partial charge in [0.1, 0.15) is 90.0 Å². The Hall–Kier alpha value is -4.51. The second kappa shape index (κ2) is 57.6. The molecule has 0 unspecified atom stereocenters. The number of hydrogen-bond donors (Lipinski definition) is 0. The first kappa shape index (κ1) is 96.6. The van der Waals surface area contributed by atoms with Crippen molar-refractivity contribution >= 4 is 147 Å². The Kier molecular flexibility index (Phi) is 52.9. The predicted molar refractivity (Wildman–Crippen MR) is 429 cm³/mol. The first-order valence-electron chi connectivity index (χ1n) is 31.6. The first-order valence-corrected chi connectivity index (χ1v) is 46.8. The fourth-order valence-corrected chi connectivity index (χ4v) is 37.7. The molecule has 0 fully saturated rings. The smallest absolute Gasteiger partial charge is 0.366 e. The van der Waals surface area contributed by atoms with E-state index in [1.807, 2.05) is 60.7 Å². The molecule has 0 aliphatic carbocycles. The summed E-state index contributed by atoms with van der Waals surface area (Å²) in [6.45, 7) is 0. The zero-order valence-corrected chi connectivity index (χ0v) is 71.0. The van der Waals surface area contributed by atoms with Gasteiger partial charge in [0.2, 0.25) is 0 Å². The van der Waals surface area contributed by atoms with E-state index in [1.165, 1.54) is 66.0 Å². The molecule has 12 aromatic rings. The summed E-state index contributed by atoms with van der Waals surface area (Å²) in [5.74, 6) is 9.73. The Balaban J connectivity index is 0.000000494. The van der Waals surface area contributed by atoms with Crippen molar-refractivity contribution in [2.45, 2.75) is 0 Å². The summed E-state index contributed by atoms with van der Waals surface area (Å²) in [5, 5.41) is 15.7. The first-order chi connectivity index (χ1) is 49.5. The third-order valence-electron chi connectivity index (χ3n) is 14.7. The van der Waals surface area contributed by atoms with Crippen LogP contribution in [0.5, 0.6) is 0 Å². The van der Waals surface area contributed by atoms with E-state index in [-0.39, 0.29) is 65.9 Å². The fourth-order valence-electron chi connectivity index (χ4n) is 10.4. The summed E-state index contributed by atoms with van der Waals surface area (Å²) in [5.41, 5.74) is 1.65. The molecule has 105 heavy (non-hydrogen) atoms. The van der Waals surface area contributed by atoms with Crippen LogP contribution in [0, 0.1) is 45.2 Å². The van der Waals surface area contributed by atoms with Gasteiger partial charge in [0, 0.05) is 21.1 Å². The van der Waals surface area contributed by atoms with Gasteiger partial charge in [0.05, 0.1) is 21.3 Å². The maximum absolute atomic E-state index is 8.49. The Morgan fingerprint density at radius 2 is 0.343 bits per heavy atom. The van der Waals surface area contributed by atoms with Crippen molar-refractivity contribution in [3.63, 3.8) is 0 Å². The normalized spacial score (nSPS) is 10.2. The molecule has 0 spiro atoms. The van der Waals surface area contributed by atoms with Crippen LogP contribution in [0.2, 0.25) is 0 Å². The minimum Gasteiger partial charge on any atom is -0.366 e. The van der Waals surface area contributed by atoms with Crippen LogP contribution in [-0.2, 0) is 55.2 Å². The molecule has 12 rings (SSSR count). The molecule has 0 N–H and O–H groups in total. The number of rotatable bonds is 18. The van der Waals surface area contributed by atoms with Gasteiger partial charge in [-0.3, -0.25) is 11.8 Å². The third kappa shape index (κ3) is 41.2. The van der Waals surface area contributed by atoms with Crippen LogP contribution in [0.15, 0.2) is 364 Å². The van der Waals surface area contributed by atoms with Crippen LogP contribution in [0.25, 0.3) is 0 Å². The van der Waals surface area contributed by atoms with E-state index in [0.717, 1.165) is 11.1 Å². The SMILES string of the molecule is ClCCl.ClCCl.[C-]#Cc1ccccc1.[C-]#Cc1ccccc1.[Cu+2].[Cu+].[O-][Cl+3]([O-])([O-])[O-].[O-][Cl+3]([O-])([O-])[O-].[Pt].c1ccc([PH+](C[PH+](c2ccccc2)c2ccccc2)C[PH+](c2ccccc2)c2ccccc2)cc1.c1ccc([PH+](C[PH+](c2ccccc2)c2ccccc2)C[PH+](c2ccccc2)c2ccccc2)cc1. The topological polar surface area (TPSA) is 184 Å². The monoisotopic (exact) mass is 1910 g/mol. The summed E-state index contributed by atoms with van der Waals surface area (Å²) in [6, 6.07) is 132. The molecule has 12 aromatic carbocycles. The molecule has 0 heterocycles. The average Bonchev–Trinajstić information content (AvgIpc) is 0.820. The van der Waals surface area contributed by atoms with Crippen molar-refractivity contribution < 1.29 is 113 Å². The van der Waals surface area contributed by atoms with Crippen molar-refractivity contribution in [2.24, 2.45) is 0 Å². The summed E-state index contributed by atoms with van der Waals surface area (Å²) in [6.07, 6.45) is 13.4. The van der Waals surface area contributed by atoms with Gasteiger partial charge in [0.25, 0.3) is 0 Å². The molecular formula is C82H78Cl6Cu2O8P6Pt+5. The van der Waals surface area contributed by atoms with Crippen molar-refractivity contribution in [2.75, 3.05) is 34.3 Å². The average molecular weight is 1910 g/mol. The summed E-state index contributed by atoms with van der Waals surface area (Å²) >= 11 is 19.1. The fraction of sp³-hybridized carbons (Fsp3) is 0.0732. The molecule has 0 atom stereocenters. The Morgan fingerprint density at radius 3 is 0.448 bits per heavy atom. The molecule has 0 aromatic heterocycles. The number of halogens is 6. The molecule has 553 valence electrons. The van der Waals surface area contributed by atoms with Crippen LogP contribution < -0.4 is 90.3 Å². The van der Waals surface area contributed by atoms with Crippen LogP contribution in [-0.4, -0.2) is 34.3 Å². The molecule has 0 saturated heterocycles. The molecule has 8 nitrogen and oxygen atoms in total. The molecule has 0 bridgehead atoms. The van der Waals surface area contributed by atoms with Gasteiger partial charge < -0.3 is 12.8 Å². The van der Waals surface area contributed by atoms with Gasteiger partial charge in [0.15, 0.2) is 23.6 Å². The van der Waals surface area contributed by atoms with Crippen molar-refractivity contribution in [1.82, 2.24) is 0 Å². The van der Waals surface area contributed by atoms with Crippen LogP contribution in [0.3, 0.4) is 0 Å². The number of alkyl halides is 4. The molecule has 0 saturated carbocycles. The third-order valence-corrected chi connectivity index (χ3v) is 37.8. The van der Waals surface area contributed by atoms with Gasteiger partial charge >= 0.3 is 34.1 Å². The van der Waals surface area contributed by atoms with E-state index in [1.54, 1.807) is 10.6 Å². The van der Waals surface area contributed by atoms with E-state index < -0.39 is 68.0 Å². The van der Waals surface area contributed by atoms with E-state index in [9.17, 15) is 0 Å². The second-order valence-electron chi connectivity index (χ2n) is 21.4. The van der Waals surface area contributed by atoms with Crippen LogP contribution in [0.4, 0.5) is 0 Å². The molecule has 0 amide bonds. The minimum atomic E-state index is -4.94. The minimum absolute atomic E-state index is 0. The maximum atomic E-state index is 8.49. The van der Waals surface area contributed by atoms with Gasteiger partial charge in [-0.1, -0.05) is 218 Å². The summed E-state index contributed by atoms with van der Waals surface area (Å²) < 4.78 is 67.9. The largest absolute Gasteiger partial charge is 2.00 e. The van der Waals surface area contributed by atoms with E-state index in [2.05, 4.69) is 315 Å². The molecular weight excluding hydrogens is 1830 g/mol. The van der Waals surface area contributed by atoms with Gasteiger partial charge in [-0.05, 0) is 121 Å². The summed E-state index contributed by atoms with van der Waals surface area (Å²) in [4.78, 5) is 0. The van der Waals surface area contributed by atoms with Crippen molar-refractivity contribution in [3.05, 3.63) is 388 Å². The maximum Gasteiger partial charge on any atom is 2.00 e. The quantitative estimate of drug-likeness (QED) is 0.0268. The molecule has 0 aliphatic rings. The van der Waals surface area contributed by atoms with E-state index in [4.69, 9.17) is 96.5 Å². The second-order valence-corrected chi connectivity index (χ2v) is 42.2. The van der Waals surface area contributed by atoms with E-state index >= 15 is 0 Å². The van der Waals surface area contributed by atoms with E-state index in [0.29, 0.717) is 0 Å². The Bertz CT molecular complexity index is 3550. The number of hydrogen-bond acceptors (Lipinski definition) is 8. The molecule has 23 heteroatoms. The summed E-state index contributed by atoms with van der Waals surface area (Å²) in [7, 11) is -15.1. The van der Waals surface area contributed by atoms with Gasteiger partial charge in [-0.2, -0.15) is 0 Å². The standard InChI is InChI=1S/2C32H29P3.2C8H5.2CH2Cl2.2ClHO4.2Cu.Pt/c2*1-6-16-28(17-7-1)33(26-34(29-18-8-2-9-19-29)30-20-10-3-11-21-30)27-35(31-22-12-4-13-23-31)32-24-14-5-15-25-32;2*1-2-8-6-4-3-5-7-8;2*2-1-3;2*2-1(3,4)5;;;/h2*1-25H,26-27H2;2*3-7H;2*1H2;2*(H,2,3,4,5);;;/q;;2*-1;;;;;+1;+2;/p+4. The Morgan fingerprint density at radius 1 is 0.238 bits per heavy atom. The zero-order valence-electron chi connectivity index (χ0n) is 56.3. The van der Waals surface area contributed by atoms with Gasteiger partial charge in [-0.15, -0.1) is 102 Å². The number of benzene rings is 12.